The number of halogens is 4. The minimum absolute atomic E-state index is 0.0632. The summed E-state index contributed by atoms with van der Waals surface area (Å²) in [7, 11) is 0. The molecule has 0 radical (unpaired) electrons. The Balaban J connectivity index is 3.35. The molecule has 0 aromatic heterocycles. The van der Waals surface area contributed by atoms with E-state index in [1.807, 2.05) is 0 Å². The van der Waals surface area contributed by atoms with Gasteiger partial charge in [-0.3, -0.25) is 4.79 Å². The zero-order valence-corrected chi connectivity index (χ0v) is 10.1. The van der Waals surface area contributed by atoms with E-state index in [2.05, 4.69) is 20.7 Å². The van der Waals surface area contributed by atoms with Crippen molar-refractivity contribution in [2.45, 2.75) is 20.2 Å². The second-order valence-electron chi connectivity index (χ2n) is 3.17. The number of aryl methyl sites for hydroxylation is 1. The fourth-order valence-electron chi connectivity index (χ4n) is 1.31. The van der Waals surface area contributed by atoms with Crippen molar-refractivity contribution in [3.05, 3.63) is 27.7 Å². The number of rotatable bonds is 2. The maximum atomic E-state index is 12.1. The van der Waals surface area contributed by atoms with Crippen LogP contribution in [0.3, 0.4) is 0 Å². The normalized spacial score (nSPS) is 11.4. The average molecular weight is 297 g/mol. The number of hydrogen-bond donors (Lipinski definition) is 0. The maximum absolute atomic E-state index is 12.1. The van der Waals surface area contributed by atoms with Crippen LogP contribution in [-0.4, -0.2) is 12.1 Å². The standard InChI is InChI=1S/C10H8BrF3O2/c1-5-3-4-7(11)9(8(5)6(2)15)16-10(12,13)14/h3-4H,1-2H3. The number of carbonyl (C=O) groups excluding carboxylic acids is 1. The van der Waals surface area contributed by atoms with Gasteiger partial charge < -0.3 is 4.74 Å². The molecule has 1 aromatic carbocycles. The van der Waals surface area contributed by atoms with Crippen LogP contribution in [-0.2, 0) is 0 Å². The van der Waals surface area contributed by atoms with Crippen molar-refractivity contribution in [3.63, 3.8) is 0 Å². The highest BCUT2D eigenvalue weighted by Crippen LogP contribution is 2.35. The van der Waals surface area contributed by atoms with E-state index in [0.29, 0.717) is 5.56 Å². The minimum Gasteiger partial charge on any atom is -0.404 e. The number of alkyl halides is 3. The van der Waals surface area contributed by atoms with Crippen LogP contribution in [0.2, 0.25) is 0 Å². The third kappa shape index (κ3) is 2.98. The predicted octanol–water partition coefficient (Wildman–Crippen LogP) is 3.86. The molecule has 0 unspecified atom stereocenters. The van der Waals surface area contributed by atoms with Gasteiger partial charge >= 0.3 is 6.36 Å². The first-order valence-electron chi connectivity index (χ1n) is 4.28. The summed E-state index contributed by atoms with van der Waals surface area (Å²) >= 11 is 2.93. The summed E-state index contributed by atoms with van der Waals surface area (Å²) in [6, 6.07) is 2.95. The van der Waals surface area contributed by atoms with E-state index >= 15 is 0 Å². The zero-order chi connectivity index (χ0) is 12.5. The Morgan fingerprint density at radius 3 is 2.38 bits per heavy atom. The summed E-state index contributed by atoms with van der Waals surface area (Å²) in [5.41, 5.74) is 0.377. The lowest BCUT2D eigenvalue weighted by Gasteiger charge is -2.15. The number of hydrogen-bond acceptors (Lipinski definition) is 2. The summed E-state index contributed by atoms with van der Waals surface area (Å²) in [5.74, 6) is -0.960. The molecule has 6 heteroatoms. The Bertz CT molecular complexity index is 427. The van der Waals surface area contributed by atoms with E-state index in [1.165, 1.54) is 13.0 Å². The van der Waals surface area contributed by atoms with Gasteiger partial charge in [-0.05, 0) is 41.4 Å². The lowest BCUT2D eigenvalue weighted by Crippen LogP contribution is -2.19. The number of benzene rings is 1. The number of ketones is 1. The fraction of sp³-hybridized carbons (Fsp3) is 0.300. The van der Waals surface area contributed by atoms with Crippen molar-refractivity contribution < 1.29 is 22.7 Å². The van der Waals surface area contributed by atoms with Gasteiger partial charge in [0.1, 0.15) is 0 Å². The van der Waals surface area contributed by atoms with Gasteiger partial charge in [0.15, 0.2) is 11.5 Å². The van der Waals surface area contributed by atoms with Crippen molar-refractivity contribution in [1.82, 2.24) is 0 Å². The highest BCUT2D eigenvalue weighted by molar-refractivity contribution is 9.10. The van der Waals surface area contributed by atoms with E-state index in [-0.39, 0.29) is 10.0 Å². The Morgan fingerprint density at radius 1 is 1.38 bits per heavy atom. The molecule has 0 aliphatic rings. The van der Waals surface area contributed by atoms with E-state index in [0.717, 1.165) is 0 Å². The van der Waals surface area contributed by atoms with Gasteiger partial charge in [0, 0.05) is 0 Å². The SMILES string of the molecule is CC(=O)c1c(C)ccc(Br)c1OC(F)(F)F. The van der Waals surface area contributed by atoms with Crippen LogP contribution in [0.15, 0.2) is 16.6 Å². The molecule has 2 nitrogen and oxygen atoms in total. The molecular formula is C10H8BrF3O2. The molecule has 0 aliphatic heterocycles. The summed E-state index contributed by atoms with van der Waals surface area (Å²) in [4.78, 5) is 11.3. The van der Waals surface area contributed by atoms with E-state index in [9.17, 15) is 18.0 Å². The summed E-state index contributed by atoms with van der Waals surface area (Å²) in [5, 5.41) is 0. The molecule has 0 saturated heterocycles. The largest absolute Gasteiger partial charge is 0.573 e. The quantitative estimate of drug-likeness (QED) is 0.775. The monoisotopic (exact) mass is 296 g/mol. The molecule has 16 heavy (non-hydrogen) atoms. The van der Waals surface area contributed by atoms with Gasteiger partial charge in [-0.15, -0.1) is 13.2 Å². The minimum atomic E-state index is -4.82. The second-order valence-corrected chi connectivity index (χ2v) is 4.03. The summed E-state index contributed by atoms with van der Waals surface area (Å²) < 4.78 is 40.4. The molecule has 88 valence electrons. The molecule has 0 N–H and O–H groups in total. The third-order valence-electron chi connectivity index (χ3n) is 1.89. The van der Waals surface area contributed by atoms with Gasteiger partial charge in [0.05, 0.1) is 10.0 Å². The molecule has 0 heterocycles. The van der Waals surface area contributed by atoms with Crippen LogP contribution in [0, 0.1) is 6.92 Å². The van der Waals surface area contributed by atoms with Gasteiger partial charge in [0.25, 0.3) is 0 Å². The molecule has 0 fully saturated rings. The number of carbonyl (C=O) groups is 1. The Hall–Kier alpha value is -1.04. The molecule has 0 bridgehead atoms. The Morgan fingerprint density at radius 2 is 1.94 bits per heavy atom. The van der Waals surface area contributed by atoms with Crippen LogP contribution in [0.4, 0.5) is 13.2 Å². The van der Waals surface area contributed by atoms with Gasteiger partial charge in [-0.1, -0.05) is 6.07 Å². The third-order valence-corrected chi connectivity index (χ3v) is 2.51. The molecule has 0 aliphatic carbocycles. The Kier molecular flexibility index (Phi) is 3.62. The molecule has 0 spiro atoms. The highest BCUT2D eigenvalue weighted by Gasteiger charge is 2.34. The Labute approximate surface area is 98.5 Å². The molecule has 0 amide bonds. The summed E-state index contributed by atoms with van der Waals surface area (Å²) in [6.07, 6.45) is -4.82. The van der Waals surface area contributed by atoms with Crippen LogP contribution in [0.25, 0.3) is 0 Å². The van der Waals surface area contributed by atoms with Crippen LogP contribution in [0.5, 0.6) is 5.75 Å². The first kappa shape index (κ1) is 13.0. The van der Waals surface area contributed by atoms with E-state index in [4.69, 9.17) is 0 Å². The van der Waals surface area contributed by atoms with Crippen molar-refractivity contribution in [2.75, 3.05) is 0 Å². The van der Waals surface area contributed by atoms with Crippen molar-refractivity contribution >= 4 is 21.7 Å². The smallest absolute Gasteiger partial charge is 0.404 e. The first-order chi connectivity index (χ1) is 7.22. The molecule has 1 aromatic rings. The molecule has 0 saturated carbocycles. The van der Waals surface area contributed by atoms with Crippen LogP contribution in [0.1, 0.15) is 22.8 Å². The average Bonchev–Trinajstić information content (AvgIpc) is 2.08. The molecular weight excluding hydrogens is 289 g/mol. The van der Waals surface area contributed by atoms with Crippen molar-refractivity contribution in [3.8, 4) is 5.75 Å². The maximum Gasteiger partial charge on any atom is 0.573 e. The summed E-state index contributed by atoms with van der Waals surface area (Å²) in [6.45, 7) is 2.74. The predicted molar refractivity (Wildman–Crippen MR) is 55.6 cm³/mol. The lowest BCUT2D eigenvalue weighted by atomic mass is 10.0. The van der Waals surface area contributed by atoms with Crippen molar-refractivity contribution in [1.29, 1.82) is 0 Å². The van der Waals surface area contributed by atoms with Gasteiger partial charge in [-0.2, -0.15) is 0 Å². The first-order valence-corrected chi connectivity index (χ1v) is 5.07. The van der Waals surface area contributed by atoms with Crippen molar-refractivity contribution in [2.24, 2.45) is 0 Å². The molecule has 0 atom stereocenters. The molecule has 1 rings (SSSR count). The zero-order valence-electron chi connectivity index (χ0n) is 8.48. The van der Waals surface area contributed by atoms with Gasteiger partial charge in [0.2, 0.25) is 0 Å². The van der Waals surface area contributed by atoms with Gasteiger partial charge in [-0.25, -0.2) is 0 Å². The number of ether oxygens (including phenoxy) is 1. The number of Topliss-reactive ketones (excluding diaryl/α,β-unsaturated/α-hetero) is 1. The topological polar surface area (TPSA) is 26.3 Å². The van der Waals surface area contributed by atoms with E-state index in [1.54, 1.807) is 13.0 Å². The van der Waals surface area contributed by atoms with Crippen LogP contribution < -0.4 is 4.74 Å². The van der Waals surface area contributed by atoms with Crippen LogP contribution >= 0.6 is 15.9 Å². The lowest BCUT2D eigenvalue weighted by molar-refractivity contribution is -0.275. The fourth-order valence-corrected chi connectivity index (χ4v) is 1.72. The van der Waals surface area contributed by atoms with E-state index < -0.39 is 17.9 Å². The second kappa shape index (κ2) is 4.45. The highest BCUT2D eigenvalue weighted by atomic mass is 79.9.